The minimum absolute atomic E-state index is 0.0918. The van der Waals surface area contributed by atoms with Gasteiger partial charge >= 0.3 is 0 Å². The Morgan fingerprint density at radius 1 is 1.21 bits per heavy atom. The summed E-state index contributed by atoms with van der Waals surface area (Å²) in [4.78, 5) is 12.7. The number of phenolic OH excluding ortho intramolecular Hbond substituents is 1. The largest absolute Gasteiger partial charge is 0.507 e. The summed E-state index contributed by atoms with van der Waals surface area (Å²) in [5, 5.41) is 13.8. The van der Waals surface area contributed by atoms with Crippen molar-refractivity contribution in [2.75, 3.05) is 0 Å². The van der Waals surface area contributed by atoms with Gasteiger partial charge in [-0.3, -0.25) is 0 Å². The number of hydrogen-bond acceptors (Lipinski definition) is 6. The predicted octanol–water partition coefficient (Wildman–Crippen LogP) is 3.03. The molecule has 150 valence electrons. The molecule has 0 spiro atoms. The molecule has 1 aromatic carbocycles. The van der Waals surface area contributed by atoms with Gasteiger partial charge < -0.3 is 19.7 Å². The number of hydrogen-bond donors (Lipinski definition) is 2. The predicted molar refractivity (Wildman–Crippen MR) is 105 cm³/mol. The number of phenols is 1. The SMILES string of the molecule is Oc1cc(-n2ccnc2)ccc1-c1cnc(O[C@H]2CC3CCCC(N3)[C@H]2F)cn1. The molecule has 0 aliphatic carbocycles. The summed E-state index contributed by atoms with van der Waals surface area (Å²) in [6.07, 6.45) is 10.2. The fourth-order valence-corrected chi connectivity index (χ4v) is 4.25. The Bertz CT molecular complexity index is 979. The Labute approximate surface area is 167 Å². The lowest BCUT2D eigenvalue weighted by Gasteiger charge is -2.42. The molecule has 2 aromatic heterocycles. The maximum Gasteiger partial charge on any atom is 0.232 e. The molecule has 3 aromatic rings. The number of rotatable bonds is 4. The number of nitrogens with zero attached hydrogens (tertiary/aromatic N) is 4. The lowest BCUT2D eigenvalue weighted by atomic mass is 9.84. The van der Waals surface area contributed by atoms with Crippen molar-refractivity contribution in [3.63, 3.8) is 0 Å². The number of halogens is 1. The molecule has 0 radical (unpaired) electrons. The third kappa shape index (κ3) is 3.55. The van der Waals surface area contributed by atoms with Gasteiger partial charge in [-0.15, -0.1) is 0 Å². The molecular formula is C21H22FN5O2. The number of benzene rings is 1. The van der Waals surface area contributed by atoms with Gasteiger partial charge in [0.25, 0.3) is 0 Å². The van der Waals surface area contributed by atoms with Crippen LogP contribution in [0.25, 0.3) is 16.9 Å². The van der Waals surface area contributed by atoms with Crippen LogP contribution in [0.15, 0.2) is 49.3 Å². The number of fused-ring (bicyclic) bond motifs is 2. The van der Waals surface area contributed by atoms with E-state index in [0.29, 0.717) is 29.6 Å². The molecule has 0 amide bonds. The maximum atomic E-state index is 14.7. The molecule has 2 bridgehead atoms. The number of nitrogens with one attached hydrogen (secondary N) is 1. The van der Waals surface area contributed by atoms with E-state index in [1.54, 1.807) is 35.4 Å². The Hall–Kier alpha value is -3.00. The van der Waals surface area contributed by atoms with Crippen molar-refractivity contribution in [3.05, 3.63) is 49.3 Å². The number of imidazole rings is 1. The van der Waals surface area contributed by atoms with Gasteiger partial charge in [0, 0.05) is 42.5 Å². The first-order valence-corrected chi connectivity index (χ1v) is 9.88. The van der Waals surface area contributed by atoms with E-state index < -0.39 is 12.3 Å². The van der Waals surface area contributed by atoms with Crippen molar-refractivity contribution in [2.45, 2.75) is 50.0 Å². The average Bonchev–Trinajstić information content (AvgIpc) is 3.28. The highest BCUT2D eigenvalue weighted by atomic mass is 19.1. The van der Waals surface area contributed by atoms with Crippen LogP contribution in [0, 0.1) is 0 Å². The highest BCUT2D eigenvalue weighted by Gasteiger charge is 2.41. The standard InChI is InChI=1S/C21H22FN5O2/c22-21-16-3-1-2-13(26-16)8-19(21)29-20-11-24-17(10-25-20)15-5-4-14(9-18(15)28)27-7-6-23-12-27/h4-7,9-13,16,19,21,26,28H,1-3,8H2/t13?,16?,19-,21+/m0/s1. The molecule has 4 heterocycles. The number of ether oxygens (including phenoxy) is 1. The van der Waals surface area contributed by atoms with E-state index in [1.807, 2.05) is 6.07 Å². The molecule has 2 aliphatic heterocycles. The van der Waals surface area contributed by atoms with E-state index >= 15 is 0 Å². The summed E-state index contributed by atoms with van der Waals surface area (Å²) >= 11 is 0. The van der Waals surface area contributed by atoms with Crippen molar-refractivity contribution in [1.29, 1.82) is 0 Å². The first kappa shape index (κ1) is 18.1. The average molecular weight is 395 g/mol. The Kier molecular flexibility index (Phi) is 4.63. The first-order valence-electron chi connectivity index (χ1n) is 9.88. The van der Waals surface area contributed by atoms with Crippen LogP contribution in [-0.2, 0) is 0 Å². The van der Waals surface area contributed by atoms with Crippen LogP contribution in [0.2, 0.25) is 0 Å². The number of aromatic hydroxyl groups is 1. The summed E-state index contributed by atoms with van der Waals surface area (Å²) in [5.41, 5.74) is 1.88. The van der Waals surface area contributed by atoms with Gasteiger partial charge in [0.2, 0.25) is 5.88 Å². The number of aromatic nitrogens is 4. The Morgan fingerprint density at radius 3 is 2.90 bits per heavy atom. The second kappa shape index (κ2) is 7.44. The second-order valence-corrected chi connectivity index (χ2v) is 7.65. The van der Waals surface area contributed by atoms with Crippen LogP contribution in [0.3, 0.4) is 0 Å². The van der Waals surface area contributed by atoms with Crippen LogP contribution in [0.5, 0.6) is 11.6 Å². The zero-order chi connectivity index (χ0) is 19.8. The van der Waals surface area contributed by atoms with E-state index in [9.17, 15) is 9.50 Å². The lowest BCUT2D eigenvalue weighted by Crippen LogP contribution is -2.59. The van der Waals surface area contributed by atoms with Gasteiger partial charge in [0.05, 0.1) is 30.1 Å². The summed E-state index contributed by atoms with van der Waals surface area (Å²) in [7, 11) is 0. The van der Waals surface area contributed by atoms with E-state index in [2.05, 4.69) is 20.3 Å². The van der Waals surface area contributed by atoms with Crippen molar-refractivity contribution in [2.24, 2.45) is 0 Å². The van der Waals surface area contributed by atoms with Gasteiger partial charge in [-0.2, -0.15) is 0 Å². The van der Waals surface area contributed by atoms with Gasteiger partial charge in [-0.25, -0.2) is 19.3 Å². The minimum Gasteiger partial charge on any atom is -0.507 e. The van der Waals surface area contributed by atoms with E-state index in [4.69, 9.17) is 4.74 Å². The molecule has 2 aliphatic rings. The number of piperidine rings is 2. The summed E-state index contributed by atoms with van der Waals surface area (Å²) < 4.78 is 22.3. The summed E-state index contributed by atoms with van der Waals surface area (Å²) in [6.45, 7) is 0. The molecule has 8 heteroatoms. The molecule has 4 atom stereocenters. The molecule has 7 nitrogen and oxygen atoms in total. The highest BCUT2D eigenvalue weighted by Crippen LogP contribution is 2.32. The number of alkyl halides is 1. The molecule has 5 rings (SSSR count). The van der Waals surface area contributed by atoms with Crippen molar-refractivity contribution in [1.82, 2.24) is 24.8 Å². The van der Waals surface area contributed by atoms with Crippen molar-refractivity contribution >= 4 is 0 Å². The molecule has 29 heavy (non-hydrogen) atoms. The van der Waals surface area contributed by atoms with E-state index in [0.717, 1.165) is 24.9 Å². The fraction of sp³-hybridized carbons (Fsp3) is 0.381. The zero-order valence-corrected chi connectivity index (χ0v) is 15.8. The van der Waals surface area contributed by atoms with E-state index in [-0.39, 0.29) is 11.8 Å². The first-order chi connectivity index (χ1) is 14.2. The molecule has 2 saturated heterocycles. The van der Waals surface area contributed by atoms with Gasteiger partial charge in [0.15, 0.2) is 6.17 Å². The van der Waals surface area contributed by atoms with Crippen LogP contribution in [0.4, 0.5) is 4.39 Å². The van der Waals surface area contributed by atoms with Crippen LogP contribution in [-0.4, -0.2) is 49.0 Å². The van der Waals surface area contributed by atoms with Crippen LogP contribution >= 0.6 is 0 Å². The Morgan fingerprint density at radius 2 is 2.14 bits per heavy atom. The highest BCUT2D eigenvalue weighted by molar-refractivity contribution is 5.68. The lowest BCUT2D eigenvalue weighted by molar-refractivity contribution is 0.00679. The van der Waals surface area contributed by atoms with Crippen molar-refractivity contribution < 1.29 is 14.2 Å². The van der Waals surface area contributed by atoms with Gasteiger partial charge in [0.1, 0.15) is 11.9 Å². The maximum absolute atomic E-state index is 14.7. The minimum atomic E-state index is -1.05. The second-order valence-electron chi connectivity index (χ2n) is 7.65. The monoisotopic (exact) mass is 395 g/mol. The summed E-state index contributed by atoms with van der Waals surface area (Å²) in [6, 6.07) is 5.46. The van der Waals surface area contributed by atoms with E-state index in [1.165, 1.54) is 12.4 Å². The van der Waals surface area contributed by atoms with Crippen molar-refractivity contribution in [3.8, 4) is 28.6 Å². The third-order valence-electron chi connectivity index (χ3n) is 5.73. The quantitative estimate of drug-likeness (QED) is 0.706. The third-order valence-corrected chi connectivity index (χ3v) is 5.73. The van der Waals surface area contributed by atoms with Gasteiger partial charge in [-0.1, -0.05) is 6.42 Å². The zero-order valence-electron chi connectivity index (χ0n) is 15.8. The fourth-order valence-electron chi connectivity index (χ4n) is 4.25. The Balaban J connectivity index is 1.31. The molecule has 2 unspecified atom stereocenters. The normalized spacial score (nSPS) is 26.2. The molecular weight excluding hydrogens is 373 g/mol. The van der Waals surface area contributed by atoms with Crippen LogP contribution < -0.4 is 10.1 Å². The topological polar surface area (TPSA) is 85.1 Å². The van der Waals surface area contributed by atoms with Gasteiger partial charge in [-0.05, 0) is 25.0 Å². The molecule has 2 N–H and O–H groups in total. The summed E-state index contributed by atoms with van der Waals surface area (Å²) in [5.74, 6) is 0.394. The molecule has 0 saturated carbocycles. The molecule has 2 fully saturated rings. The van der Waals surface area contributed by atoms with Crippen LogP contribution in [0.1, 0.15) is 25.7 Å². The smallest absolute Gasteiger partial charge is 0.232 e.